The van der Waals surface area contributed by atoms with Gasteiger partial charge in [0.25, 0.3) is 10.0 Å². The van der Waals surface area contributed by atoms with Crippen molar-refractivity contribution in [3.05, 3.63) is 17.0 Å². The summed E-state index contributed by atoms with van der Waals surface area (Å²) in [6.07, 6.45) is 2.42. The van der Waals surface area contributed by atoms with Gasteiger partial charge in [-0.05, 0) is 31.9 Å². The number of nitrogens with zero attached hydrogens (tertiary/aromatic N) is 1. The molecule has 0 fully saturated rings. The molecule has 1 aromatic rings. The van der Waals surface area contributed by atoms with Gasteiger partial charge in [-0.15, -0.1) is 11.3 Å². The van der Waals surface area contributed by atoms with Crippen LogP contribution in [0, 0.1) is 0 Å². The molecule has 0 aliphatic heterocycles. The quantitative estimate of drug-likeness (QED) is 0.799. The Kier molecular flexibility index (Phi) is 6.16. The molecule has 0 aromatic carbocycles. The molecule has 0 amide bonds. The lowest BCUT2D eigenvalue weighted by Crippen LogP contribution is -2.38. The molecule has 0 aliphatic carbocycles. The summed E-state index contributed by atoms with van der Waals surface area (Å²) in [5.41, 5.74) is 0. The molecule has 5 nitrogen and oxygen atoms in total. The summed E-state index contributed by atoms with van der Waals surface area (Å²) < 4.78 is 26.8. The second-order valence-electron chi connectivity index (χ2n) is 4.65. The molecule has 0 spiro atoms. The molecular formula is C13H21NO4S2. The average Bonchev–Trinajstić information content (AvgIpc) is 2.89. The minimum absolute atomic E-state index is 0.0446. The molecule has 7 heteroatoms. The highest BCUT2D eigenvalue weighted by molar-refractivity contribution is 7.91. The molecule has 1 atom stereocenters. The molecule has 0 saturated heterocycles. The Morgan fingerprint density at radius 3 is 2.50 bits per heavy atom. The summed E-state index contributed by atoms with van der Waals surface area (Å²) in [6.45, 7) is 6.29. The number of carbonyl (C=O) groups is 1. The van der Waals surface area contributed by atoms with Crippen molar-refractivity contribution in [3.63, 3.8) is 0 Å². The van der Waals surface area contributed by atoms with Crippen LogP contribution in [0.1, 0.15) is 49.7 Å². The Bertz CT molecular complexity index is 550. The van der Waals surface area contributed by atoms with Crippen molar-refractivity contribution in [3.8, 4) is 0 Å². The minimum atomic E-state index is -3.61. The highest BCUT2D eigenvalue weighted by Gasteiger charge is 2.29. The lowest BCUT2D eigenvalue weighted by molar-refractivity contribution is 0.0702. The van der Waals surface area contributed by atoms with Crippen molar-refractivity contribution in [1.29, 1.82) is 0 Å². The minimum Gasteiger partial charge on any atom is -0.477 e. The lowest BCUT2D eigenvalue weighted by atomic mass is 10.2. The Hall–Kier alpha value is -0.920. The standard InChI is InChI=1S/C13H21NO4S2/c1-4-6-9-14(10(3)5-2)20(17,18)12-8-7-11(19-12)13(15)16/h7-8,10H,4-6,9H2,1-3H3,(H,15,16). The van der Waals surface area contributed by atoms with Crippen molar-refractivity contribution in [2.45, 2.75) is 50.3 Å². The molecule has 1 unspecified atom stereocenters. The van der Waals surface area contributed by atoms with Gasteiger partial charge in [-0.1, -0.05) is 20.3 Å². The van der Waals surface area contributed by atoms with E-state index < -0.39 is 16.0 Å². The normalized spacial score (nSPS) is 13.6. The van der Waals surface area contributed by atoms with Gasteiger partial charge >= 0.3 is 5.97 Å². The van der Waals surface area contributed by atoms with E-state index in [0.717, 1.165) is 30.6 Å². The van der Waals surface area contributed by atoms with Gasteiger partial charge in [-0.3, -0.25) is 0 Å². The number of hydrogen-bond acceptors (Lipinski definition) is 4. The Labute approximate surface area is 124 Å². The molecule has 0 aliphatic rings. The van der Waals surface area contributed by atoms with Crippen LogP contribution in [-0.4, -0.2) is 36.4 Å². The molecule has 0 bridgehead atoms. The van der Waals surface area contributed by atoms with E-state index >= 15 is 0 Å². The first-order chi connectivity index (χ1) is 9.34. The molecule has 0 radical (unpaired) electrons. The first kappa shape index (κ1) is 17.1. The van der Waals surface area contributed by atoms with Crippen LogP contribution in [0.2, 0.25) is 0 Å². The summed E-state index contributed by atoms with van der Waals surface area (Å²) >= 11 is 0.808. The zero-order valence-corrected chi connectivity index (χ0v) is 13.6. The number of hydrogen-bond donors (Lipinski definition) is 1. The highest BCUT2D eigenvalue weighted by atomic mass is 32.2. The summed E-state index contributed by atoms with van der Waals surface area (Å²) in [7, 11) is -3.61. The molecule has 1 rings (SSSR count). The summed E-state index contributed by atoms with van der Waals surface area (Å²) in [5, 5.41) is 8.90. The van der Waals surface area contributed by atoms with Crippen molar-refractivity contribution in [2.24, 2.45) is 0 Å². The van der Waals surface area contributed by atoms with Crippen LogP contribution in [0.25, 0.3) is 0 Å². The summed E-state index contributed by atoms with van der Waals surface area (Å²) in [5.74, 6) is -1.10. The Morgan fingerprint density at radius 2 is 2.05 bits per heavy atom. The first-order valence-corrected chi connectivity index (χ1v) is 8.95. The zero-order valence-electron chi connectivity index (χ0n) is 12.0. The third kappa shape index (κ3) is 3.80. The predicted octanol–water partition coefficient (Wildman–Crippen LogP) is 3.04. The monoisotopic (exact) mass is 319 g/mol. The fourth-order valence-electron chi connectivity index (χ4n) is 1.78. The molecule has 1 N–H and O–H groups in total. The van der Waals surface area contributed by atoms with E-state index in [1.807, 2.05) is 20.8 Å². The van der Waals surface area contributed by atoms with Crippen LogP contribution in [0.3, 0.4) is 0 Å². The average molecular weight is 319 g/mol. The Balaban J connectivity index is 3.10. The number of unbranched alkanes of at least 4 members (excludes halogenated alkanes) is 1. The molecule has 1 aromatic heterocycles. The van der Waals surface area contributed by atoms with Crippen LogP contribution in [-0.2, 0) is 10.0 Å². The molecule has 1 heterocycles. The maximum absolute atomic E-state index is 12.6. The summed E-state index contributed by atoms with van der Waals surface area (Å²) in [4.78, 5) is 10.9. The van der Waals surface area contributed by atoms with Crippen LogP contribution in [0.5, 0.6) is 0 Å². The predicted molar refractivity (Wildman–Crippen MR) is 79.8 cm³/mol. The van der Waals surface area contributed by atoms with Crippen LogP contribution < -0.4 is 0 Å². The van der Waals surface area contributed by atoms with E-state index in [1.165, 1.54) is 16.4 Å². The third-order valence-corrected chi connectivity index (χ3v) is 6.72. The van der Waals surface area contributed by atoms with Gasteiger partial charge in [0.15, 0.2) is 0 Å². The molecular weight excluding hydrogens is 298 g/mol. The first-order valence-electron chi connectivity index (χ1n) is 6.69. The van der Waals surface area contributed by atoms with E-state index in [0.29, 0.717) is 6.54 Å². The maximum atomic E-state index is 12.6. The highest BCUT2D eigenvalue weighted by Crippen LogP contribution is 2.27. The maximum Gasteiger partial charge on any atom is 0.345 e. The van der Waals surface area contributed by atoms with Crippen LogP contribution in [0.4, 0.5) is 0 Å². The molecule has 114 valence electrons. The molecule has 20 heavy (non-hydrogen) atoms. The fraction of sp³-hybridized carbons (Fsp3) is 0.615. The van der Waals surface area contributed by atoms with Crippen LogP contribution >= 0.6 is 11.3 Å². The summed E-state index contributed by atoms with van der Waals surface area (Å²) in [6, 6.07) is 2.63. The zero-order chi connectivity index (χ0) is 15.3. The number of rotatable bonds is 8. The number of thiophene rings is 1. The fourth-order valence-corrected chi connectivity index (χ4v) is 4.80. The van der Waals surface area contributed by atoms with Gasteiger partial charge in [-0.2, -0.15) is 4.31 Å². The van der Waals surface area contributed by atoms with Gasteiger partial charge in [0.2, 0.25) is 0 Å². The lowest BCUT2D eigenvalue weighted by Gasteiger charge is -2.26. The number of carboxylic acid groups (broad SMARTS) is 1. The van der Waals surface area contributed by atoms with E-state index in [-0.39, 0.29) is 15.1 Å². The van der Waals surface area contributed by atoms with E-state index in [9.17, 15) is 13.2 Å². The van der Waals surface area contributed by atoms with Crippen molar-refractivity contribution >= 4 is 27.3 Å². The number of sulfonamides is 1. The van der Waals surface area contributed by atoms with Crippen molar-refractivity contribution in [1.82, 2.24) is 4.31 Å². The third-order valence-electron chi connectivity index (χ3n) is 3.17. The Morgan fingerprint density at radius 1 is 1.40 bits per heavy atom. The van der Waals surface area contributed by atoms with E-state index in [2.05, 4.69) is 0 Å². The van der Waals surface area contributed by atoms with Gasteiger partial charge in [-0.25, -0.2) is 13.2 Å². The largest absolute Gasteiger partial charge is 0.477 e. The van der Waals surface area contributed by atoms with Crippen molar-refractivity contribution < 1.29 is 18.3 Å². The van der Waals surface area contributed by atoms with Gasteiger partial charge in [0.05, 0.1) is 0 Å². The second-order valence-corrected chi connectivity index (χ2v) is 7.85. The van der Waals surface area contributed by atoms with Crippen molar-refractivity contribution in [2.75, 3.05) is 6.54 Å². The molecule has 0 saturated carbocycles. The topological polar surface area (TPSA) is 74.7 Å². The van der Waals surface area contributed by atoms with Gasteiger partial charge in [0.1, 0.15) is 9.09 Å². The van der Waals surface area contributed by atoms with Crippen LogP contribution in [0.15, 0.2) is 16.3 Å². The SMILES string of the molecule is CCCCN(C(C)CC)S(=O)(=O)c1ccc(C(=O)O)s1. The van der Waals surface area contributed by atoms with E-state index in [1.54, 1.807) is 0 Å². The van der Waals surface area contributed by atoms with Gasteiger partial charge in [0, 0.05) is 12.6 Å². The van der Waals surface area contributed by atoms with E-state index in [4.69, 9.17) is 5.11 Å². The smallest absolute Gasteiger partial charge is 0.345 e. The van der Waals surface area contributed by atoms with Gasteiger partial charge < -0.3 is 5.11 Å². The number of carboxylic acids is 1. The number of aromatic carboxylic acids is 1. The second kappa shape index (κ2) is 7.19.